The van der Waals surface area contributed by atoms with Crippen LogP contribution in [0.1, 0.15) is 20.3 Å². The first kappa shape index (κ1) is 13.0. The van der Waals surface area contributed by atoms with E-state index in [9.17, 15) is 4.79 Å². The van der Waals surface area contributed by atoms with E-state index in [1.807, 2.05) is 18.7 Å². The molecule has 1 amide bonds. The number of carbonyl (C=O) groups excluding carboxylic acids is 1. The highest BCUT2D eigenvalue weighted by atomic mass is 35.5. The number of aromatic nitrogens is 2. The minimum atomic E-state index is -0.298. The number of rotatable bonds is 2. The molecule has 0 saturated heterocycles. The third-order valence-electron chi connectivity index (χ3n) is 3.11. The highest BCUT2D eigenvalue weighted by Crippen LogP contribution is 2.35. The van der Waals surface area contributed by atoms with Gasteiger partial charge in [0.05, 0.1) is 13.1 Å². The zero-order valence-electron chi connectivity index (χ0n) is 10.7. The molecule has 0 saturated carbocycles. The molecule has 2 rings (SSSR count). The van der Waals surface area contributed by atoms with Gasteiger partial charge in [-0.15, -0.1) is 0 Å². The third-order valence-corrected chi connectivity index (χ3v) is 3.29. The maximum absolute atomic E-state index is 12.3. The molecular formula is C12H16ClN4O+. The van der Waals surface area contributed by atoms with Crippen molar-refractivity contribution < 1.29 is 4.79 Å². The van der Waals surface area contributed by atoms with Gasteiger partial charge < -0.3 is 9.80 Å². The Morgan fingerprint density at radius 3 is 2.78 bits per heavy atom. The van der Waals surface area contributed by atoms with Crippen molar-refractivity contribution >= 4 is 29.0 Å². The second-order valence-electron chi connectivity index (χ2n) is 4.55. The fourth-order valence-corrected chi connectivity index (χ4v) is 2.38. The number of hydrogen-bond donors (Lipinski definition) is 0. The monoisotopic (exact) mass is 267 g/mol. The number of amides is 1. The van der Waals surface area contributed by atoms with Crippen molar-refractivity contribution in [3.8, 4) is 0 Å². The predicted octanol–water partition coefficient (Wildman–Crippen LogP) is 1.91. The summed E-state index contributed by atoms with van der Waals surface area (Å²) in [5, 5.41) is 0.185. The molecule has 1 aliphatic rings. The number of likely N-dealkylation sites (N-methyl/N-ethyl adjacent to an activating group) is 1. The van der Waals surface area contributed by atoms with E-state index in [1.165, 1.54) is 0 Å². The predicted molar refractivity (Wildman–Crippen MR) is 71.8 cm³/mol. The van der Waals surface area contributed by atoms with E-state index in [0.717, 1.165) is 0 Å². The van der Waals surface area contributed by atoms with Gasteiger partial charge in [0.1, 0.15) is 12.1 Å². The normalized spacial score (nSPS) is 19.4. The van der Waals surface area contributed by atoms with Crippen LogP contribution in [0.5, 0.6) is 0 Å². The van der Waals surface area contributed by atoms with Crippen LogP contribution in [0.2, 0.25) is 5.28 Å². The van der Waals surface area contributed by atoms with Crippen molar-refractivity contribution in [2.75, 3.05) is 16.8 Å². The quantitative estimate of drug-likeness (QED) is 0.607. The first-order chi connectivity index (χ1) is 8.47. The molecule has 1 aromatic heterocycles. The van der Waals surface area contributed by atoms with E-state index in [4.69, 9.17) is 11.6 Å². The topological polar surface area (TPSA) is 49.3 Å². The molecule has 18 heavy (non-hydrogen) atoms. The summed E-state index contributed by atoms with van der Waals surface area (Å²) in [6.45, 7) is 7.89. The molecule has 5 nitrogen and oxygen atoms in total. The van der Waals surface area contributed by atoms with Crippen LogP contribution in [-0.4, -0.2) is 35.0 Å². The molecular weight excluding hydrogens is 252 g/mol. The van der Waals surface area contributed by atoms with Gasteiger partial charge in [-0.1, -0.05) is 0 Å². The number of halogens is 1. The fraction of sp³-hybridized carbons (Fsp3) is 0.500. The molecule has 0 radical (unpaired) electrons. The molecule has 1 aromatic rings. The van der Waals surface area contributed by atoms with Crippen molar-refractivity contribution in [1.82, 2.24) is 9.97 Å². The highest BCUT2D eigenvalue weighted by Gasteiger charge is 2.39. The van der Waals surface area contributed by atoms with Gasteiger partial charge in [-0.2, -0.15) is 4.98 Å². The molecule has 0 bridgehead atoms. The Morgan fingerprint density at radius 1 is 1.56 bits per heavy atom. The molecule has 96 valence electrons. The Kier molecular flexibility index (Phi) is 3.34. The molecule has 0 aliphatic carbocycles. The van der Waals surface area contributed by atoms with Crippen LogP contribution < -0.4 is 9.80 Å². The van der Waals surface area contributed by atoms with Crippen LogP contribution in [0.4, 0.5) is 11.5 Å². The van der Waals surface area contributed by atoms with Crippen molar-refractivity contribution in [1.29, 1.82) is 0 Å². The van der Waals surface area contributed by atoms with Crippen LogP contribution in [0, 0.1) is 6.92 Å². The lowest BCUT2D eigenvalue weighted by atomic mass is 10.1. The molecule has 0 spiro atoms. The summed E-state index contributed by atoms with van der Waals surface area (Å²) in [6.07, 6.45) is 2.07. The fourth-order valence-electron chi connectivity index (χ4n) is 2.25. The number of fused-ring (bicyclic) bond motifs is 1. The molecule has 1 aliphatic heterocycles. The van der Waals surface area contributed by atoms with Gasteiger partial charge in [0.15, 0.2) is 11.9 Å². The molecule has 0 aromatic carbocycles. The van der Waals surface area contributed by atoms with E-state index in [0.29, 0.717) is 17.9 Å². The summed E-state index contributed by atoms with van der Waals surface area (Å²) >= 11 is 5.85. The van der Waals surface area contributed by atoms with Gasteiger partial charge in [-0.05, 0) is 25.4 Å². The second-order valence-corrected chi connectivity index (χ2v) is 4.89. The van der Waals surface area contributed by atoms with Crippen LogP contribution in [-0.2, 0) is 4.79 Å². The molecule has 1 atom stereocenters. The minimum absolute atomic E-state index is 0.0112. The van der Waals surface area contributed by atoms with Gasteiger partial charge in [-0.3, -0.25) is 4.79 Å². The second kappa shape index (κ2) is 4.65. The van der Waals surface area contributed by atoms with Gasteiger partial charge >= 0.3 is 0 Å². The SMILES string of the molecule is [CH2+]CC1C(=O)N(C)c2cnc(Cl)nc2N1C(C)C. The van der Waals surface area contributed by atoms with Crippen LogP contribution in [0.25, 0.3) is 0 Å². The molecule has 0 N–H and O–H groups in total. The Morgan fingerprint density at radius 2 is 2.22 bits per heavy atom. The van der Waals surface area contributed by atoms with E-state index in [1.54, 1.807) is 18.1 Å². The third kappa shape index (κ3) is 1.88. The van der Waals surface area contributed by atoms with Crippen molar-refractivity contribution in [3.05, 3.63) is 18.4 Å². The lowest BCUT2D eigenvalue weighted by Gasteiger charge is -2.41. The van der Waals surface area contributed by atoms with Gasteiger partial charge in [0, 0.05) is 13.1 Å². The maximum Gasteiger partial charge on any atom is 0.254 e. The van der Waals surface area contributed by atoms with Crippen molar-refractivity contribution in [2.24, 2.45) is 0 Å². The lowest BCUT2D eigenvalue weighted by Crippen LogP contribution is -2.54. The smallest absolute Gasteiger partial charge is 0.254 e. The zero-order valence-corrected chi connectivity index (χ0v) is 11.5. The van der Waals surface area contributed by atoms with Crippen molar-refractivity contribution in [3.63, 3.8) is 0 Å². The summed E-state index contributed by atoms with van der Waals surface area (Å²) < 4.78 is 0. The van der Waals surface area contributed by atoms with Gasteiger partial charge in [-0.25, -0.2) is 4.98 Å². The van der Waals surface area contributed by atoms with E-state index >= 15 is 0 Å². The standard InChI is InChI=1S/C12H16ClN4O/c1-5-8-11(18)16(4)9-6-14-12(13)15-10(9)17(8)7(2)3/h6-8H,1,5H2,2-4H3/q+1. The van der Waals surface area contributed by atoms with Crippen LogP contribution in [0.15, 0.2) is 6.20 Å². The number of nitrogens with zero attached hydrogens (tertiary/aromatic N) is 4. The minimum Gasteiger partial charge on any atom is -0.336 e. The van der Waals surface area contributed by atoms with Crippen LogP contribution >= 0.6 is 11.6 Å². The zero-order chi connectivity index (χ0) is 13.4. The summed E-state index contributed by atoms with van der Waals surface area (Å²) in [6, 6.07) is -0.160. The average Bonchev–Trinajstić information content (AvgIpc) is 2.32. The number of carbonyl (C=O) groups is 1. The Labute approximate surface area is 112 Å². The van der Waals surface area contributed by atoms with E-state index in [-0.39, 0.29) is 23.3 Å². The summed E-state index contributed by atoms with van der Waals surface area (Å²) in [5.41, 5.74) is 0.683. The first-order valence-corrected chi connectivity index (χ1v) is 6.22. The maximum atomic E-state index is 12.3. The van der Waals surface area contributed by atoms with Crippen LogP contribution in [0.3, 0.4) is 0 Å². The first-order valence-electron chi connectivity index (χ1n) is 5.85. The van der Waals surface area contributed by atoms with Gasteiger partial charge in [0.25, 0.3) is 5.91 Å². The molecule has 1 unspecified atom stereocenters. The average molecular weight is 268 g/mol. The molecule has 6 heteroatoms. The van der Waals surface area contributed by atoms with E-state index in [2.05, 4.69) is 16.9 Å². The Hall–Kier alpha value is -1.49. The number of hydrogen-bond acceptors (Lipinski definition) is 4. The Balaban J connectivity index is 2.60. The summed E-state index contributed by atoms with van der Waals surface area (Å²) in [4.78, 5) is 24.0. The summed E-state index contributed by atoms with van der Waals surface area (Å²) in [5.74, 6) is 0.706. The lowest BCUT2D eigenvalue weighted by molar-refractivity contribution is -0.120. The largest absolute Gasteiger partial charge is 0.336 e. The van der Waals surface area contributed by atoms with Gasteiger partial charge in [0.2, 0.25) is 5.28 Å². The Bertz CT molecular complexity index is 477. The highest BCUT2D eigenvalue weighted by molar-refractivity contribution is 6.28. The molecule has 0 fully saturated rings. The molecule has 2 heterocycles. The number of anilines is 2. The summed E-state index contributed by atoms with van der Waals surface area (Å²) in [7, 11) is 1.72. The van der Waals surface area contributed by atoms with E-state index < -0.39 is 0 Å². The van der Waals surface area contributed by atoms with Crippen molar-refractivity contribution in [2.45, 2.75) is 32.4 Å².